The van der Waals surface area contributed by atoms with Gasteiger partial charge in [-0.3, -0.25) is 0 Å². The summed E-state index contributed by atoms with van der Waals surface area (Å²) in [7, 11) is 0. The Kier molecular flexibility index (Phi) is 6.59. The summed E-state index contributed by atoms with van der Waals surface area (Å²) in [5.41, 5.74) is 0. The van der Waals surface area contributed by atoms with Gasteiger partial charge in [0.1, 0.15) is 0 Å². The summed E-state index contributed by atoms with van der Waals surface area (Å²) in [6.07, 6.45) is 10.5. The van der Waals surface area contributed by atoms with Gasteiger partial charge in [-0.15, -0.1) is 0 Å². The molecule has 0 aromatic rings. The molecule has 0 radical (unpaired) electrons. The molecule has 0 saturated heterocycles. The van der Waals surface area contributed by atoms with Gasteiger partial charge >= 0.3 is 0 Å². The molecule has 2 aliphatic carbocycles. The Morgan fingerprint density at radius 2 is 1.59 bits per heavy atom. The van der Waals surface area contributed by atoms with E-state index >= 15 is 0 Å². The fourth-order valence-corrected chi connectivity index (χ4v) is 4.69. The minimum atomic E-state index is 1.01. The zero-order chi connectivity index (χ0) is 12.8. The quantitative estimate of drug-likeness (QED) is 0.573. The molecule has 0 aliphatic heterocycles. The summed E-state index contributed by atoms with van der Waals surface area (Å²) in [6, 6.07) is 0. The molecule has 17 heavy (non-hydrogen) atoms. The molecular formula is C17H34. The maximum Gasteiger partial charge on any atom is -0.0327 e. The fraction of sp³-hybridized carbons (Fsp3) is 1.00. The largest absolute Gasteiger partial charge is 0.0683 e. The van der Waals surface area contributed by atoms with Crippen LogP contribution in [0, 0.1) is 29.6 Å². The van der Waals surface area contributed by atoms with Gasteiger partial charge < -0.3 is 0 Å². The van der Waals surface area contributed by atoms with Gasteiger partial charge in [-0.1, -0.05) is 60.3 Å². The minimum Gasteiger partial charge on any atom is -0.0683 e. The second-order valence-electron chi connectivity index (χ2n) is 6.09. The summed E-state index contributed by atoms with van der Waals surface area (Å²) in [6.45, 7) is 11.3. The van der Waals surface area contributed by atoms with Gasteiger partial charge in [-0.2, -0.15) is 0 Å². The number of fused-ring (bicyclic) bond motifs is 1. The van der Waals surface area contributed by atoms with E-state index in [0.717, 1.165) is 29.6 Å². The van der Waals surface area contributed by atoms with E-state index in [1.807, 2.05) is 13.8 Å². The Balaban J connectivity index is 0.000000686. The lowest BCUT2D eigenvalue weighted by molar-refractivity contribution is 0.0838. The molecule has 2 saturated carbocycles. The lowest BCUT2D eigenvalue weighted by Crippen LogP contribution is -2.33. The van der Waals surface area contributed by atoms with Crippen LogP contribution in [-0.2, 0) is 0 Å². The SMILES string of the molecule is CC.CCCC1CCC2CCC(C)C(CC)C12. The predicted octanol–water partition coefficient (Wildman–Crippen LogP) is 5.91. The van der Waals surface area contributed by atoms with Gasteiger partial charge in [-0.25, -0.2) is 0 Å². The smallest absolute Gasteiger partial charge is 0.0327 e. The highest BCUT2D eigenvalue weighted by Gasteiger charge is 2.43. The summed E-state index contributed by atoms with van der Waals surface area (Å²) >= 11 is 0. The van der Waals surface area contributed by atoms with Crippen LogP contribution in [0.3, 0.4) is 0 Å². The average molecular weight is 238 g/mol. The van der Waals surface area contributed by atoms with Gasteiger partial charge in [0.2, 0.25) is 0 Å². The Morgan fingerprint density at radius 1 is 0.941 bits per heavy atom. The number of rotatable bonds is 3. The van der Waals surface area contributed by atoms with E-state index in [1.54, 1.807) is 19.3 Å². The minimum absolute atomic E-state index is 1.01. The summed E-state index contributed by atoms with van der Waals surface area (Å²) in [5.74, 6) is 5.38. The van der Waals surface area contributed by atoms with Crippen LogP contribution in [-0.4, -0.2) is 0 Å². The summed E-state index contributed by atoms with van der Waals surface area (Å²) in [4.78, 5) is 0. The lowest BCUT2D eigenvalue weighted by atomic mass is 9.64. The van der Waals surface area contributed by atoms with Gasteiger partial charge in [0.25, 0.3) is 0 Å². The van der Waals surface area contributed by atoms with Gasteiger partial charge in [0.05, 0.1) is 0 Å². The van der Waals surface area contributed by atoms with E-state index in [2.05, 4.69) is 20.8 Å². The Bertz CT molecular complexity index is 196. The van der Waals surface area contributed by atoms with Crippen molar-refractivity contribution in [3.8, 4) is 0 Å². The van der Waals surface area contributed by atoms with Crippen LogP contribution in [0.1, 0.15) is 79.6 Å². The van der Waals surface area contributed by atoms with Crippen molar-refractivity contribution in [3.63, 3.8) is 0 Å². The molecular weight excluding hydrogens is 204 g/mol. The van der Waals surface area contributed by atoms with Crippen molar-refractivity contribution >= 4 is 0 Å². The van der Waals surface area contributed by atoms with Crippen LogP contribution < -0.4 is 0 Å². The highest BCUT2D eigenvalue weighted by molar-refractivity contribution is 4.93. The molecule has 2 aliphatic rings. The van der Waals surface area contributed by atoms with Crippen molar-refractivity contribution in [2.45, 2.75) is 79.6 Å². The summed E-state index contributed by atoms with van der Waals surface area (Å²) < 4.78 is 0. The zero-order valence-electron chi connectivity index (χ0n) is 12.8. The topological polar surface area (TPSA) is 0 Å². The van der Waals surface area contributed by atoms with Crippen molar-refractivity contribution in [2.24, 2.45) is 29.6 Å². The first-order valence-corrected chi connectivity index (χ1v) is 8.27. The highest BCUT2D eigenvalue weighted by atomic mass is 14.5. The Labute approximate surface area is 110 Å². The summed E-state index contributed by atoms with van der Waals surface area (Å²) in [5, 5.41) is 0. The number of hydrogen-bond acceptors (Lipinski definition) is 0. The average Bonchev–Trinajstić information content (AvgIpc) is 2.76. The third kappa shape index (κ3) is 3.26. The molecule has 0 aromatic heterocycles. The second-order valence-corrected chi connectivity index (χ2v) is 6.09. The van der Waals surface area contributed by atoms with Gasteiger partial charge in [-0.05, 0) is 48.9 Å². The zero-order valence-corrected chi connectivity index (χ0v) is 12.8. The standard InChI is InChI=1S/C15H28.C2H6/c1-4-6-12-9-10-13-8-7-11(3)14(5-2)15(12)13;1-2/h11-15H,4-10H2,1-3H3;1-2H3. The molecule has 0 nitrogen and oxygen atoms in total. The monoisotopic (exact) mass is 238 g/mol. The first kappa shape index (κ1) is 15.1. The van der Waals surface area contributed by atoms with E-state index in [-0.39, 0.29) is 0 Å². The molecule has 0 N–H and O–H groups in total. The molecule has 0 aromatic carbocycles. The van der Waals surface area contributed by atoms with Gasteiger partial charge in [0, 0.05) is 0 Å². The van der Waals surface area contributed by atoms with E-state index in [0.29, 0.717) is 0 Å². The molecule has 2 rings (SSSR count). The second kappa shape index (κ2) is 7.44. The van der Waals surface area contributed by atoms with E-state index in [1.165, 1.54) is 25.7 Å². The molecule has 5 unspecified atom stereocenters. The maximum absolute atomic E-state index is 2.51. The molecule has 0 amide bonds. The van der Waals surface area contributed by atoms with Crippen molar-refractivity contribution < 1.29 is 0 Å². The van der Waals surface area contributed by atoms with Crippen molar-refractivity contribution in [1.82, 2.24) is 0 Å². The first-order chi connectivity index (χ1) is 8.27. The fourth-order valence-electron chi connectivity index (χ4n) is 4.69. The van der Waals surface area contributed by atoms with E-state index < -0.39 is 0 Å². The van der Waals surface area contributed by atoms with E-state index in [9.17, 15) is 0 Å². The molecule has 2 fully saturated rings. The molecule has 102 valence electrons. The van der Waals surface area contributed by atoms with Crippen LogP contribution in [0.5, 0.6) is 0 Å². The lowest BCUT2D eigenvalue weighted by Gasteiger charge is -2.41. The van der Waals surface area contributed by atoms with Gasteiger partial charge in [0.15, 0.2) is 0 Å². The molecule has 5 atom stereocenters. The predicted molar refractivity (Wildman–Crippen MR) is 78.1 cm³/mol. The van der Waals surface area contributed by atoms with Crippen LogP contribution in [0.2, 0.25) is 0 Å². The highest BCUT2D eigenvalue weighted by Crippen LogP contribution is 2.52. The third-order valence-electron chi connectivity index (χ3n) is 5.35. The third-order valence-corrected chi connectivity index (χ3v) is 5.35. The van der Waals surface area contributed by atoms with Crippen LogP contribution in [0.15, 0.2) is 0 Å². The normalized spacial score (nSPS) is 40.4. The molecule has 0 heterocycles. The van der Waals surface area contributed by atoms with Crippen LogP contribution in [0.4, 0.5) is 0 Å². The maximum atomic E-state index is 2.51. The number of hydrogen-bond donors (Lipinski definition) is 0. The van der Waals surface area contributed by atoms with E-state index in [4.69, 9.17) is 0 Å². The van der Waals surface area contributed by atoms with Crippen LogP contribution in [0.25, 0.3) is 0 Å². The molecule has 0 bridgehead atoms. The first-order valence-electron chi connectivity index (χ1n) is 8.27. The Morgan fingerprint density at radius 3 is 2.18 bits per heavy atom. The van der Waals surface area contributed by atoms with Crippen molar-refractivity contribution in [1.29, 1.82) is 0 Å². The molecule has 0 heteroatoms. The van der Waals surface area contributed by atoms with Crippen molar-refractivity contribution in [3.05, 3.63) is 0 Å². The Hall–Kier alpha value is 0. The van der Waals surface area contributed by atoms with Crippen molar-refractivity contribution in [2.75, 3.05) is 0 Å². The molecule has 0 spiro atoms. The van der Waals surface area contributed by atoms with Crippen LogP contribution >= 0.6 is 0 Å².